The molecule has 2 heterocycles. The van der Waals surface area contributed by atoms with Crippen molar-refractivity contribution in [2.45, 2.75) is 13.1 Å². The first-order valence-corrected chi connectivity index (χ1v) is 6.84. The van der Waals surface area contributed by atoms with E-state index in [1.54, 1.807) is 35.0 Å². The average molecular weight is 295 g/mol. The van der Waals surface area contributed by atoms with Gasteiger partial charge in [-0.3, -0.25) is 4.79 Å². The third-order valence-corrected chi connectivity index (χ3v) is 3.38. The highest BCUT2D eigenvalue weighted by Crippen LogP contribution is 2.05. The monoisotopic (exact) mass is 295 g/mol. The smallest absolute Gasteiger partial charge is 0.319 e. The molecule has 1 aliphatic rings. The SMILES string of the molecule is CN(C)C(=O)N1CCN(C(=O)Cn2cc(CN)nn2)CC1. The molecule has 0 aliphatic carbocycles. The van der Waals surface area contributed by atoms with Crippen LogP contribution in [-0.2, 0) is 17.9 Å². The van der Waals surface area contributed by atoms with E-state index in [1.807, 2.05) is 0 Å². The predicted molar refractivity (Wildman–Crippen MR) is 75.1 cm³/mol. The Hall–Kier alpha value is -2.16. The Morgan fingerprint density at radius 1 is 1.24 bits per heavy atom. The molecule has 1 aliphatic heterocycles. The standard InChI is InChI=1S/C12H21N7O2/c1-16(2)12(21)18-5-3-17(4-6-18)11(20)9-19-8-10(7-13)14-15-19/h8H,3-7,9,13H2,1-2H3. The Morgan fingerprint density at radius 2 is 1.86 bits per heavy atom. The van der Waals surface area contributed by atoms with Crippen molar-refractivity contribution in [2.75, 3.05) is 40.3 Å². The molecule has 1 fully saturated rings. The average Bonchev–Trinajstić information content (AvgIpc) is 2.94. The molecule has 0 aromatic carbocycles. The summed E-state index contributed by atoms with van der Waals surface area (Å²) in [6.07, 6.45) is 1.67. The van der Waals surface area contributed by atoms with E-state index in [0.717, 1.165) is 0 Å². The minimum absolute atomic E-state index is 0.0223. The lowest BCUT2D eigenvalue weighted by Crippen LogP contribution is -2.53. The maximum atomic E-state index is 12.2. The molecular weight excluding hydrogens is 274 g/mol. The quantitative estimate of drug-likeness (QED) is 0.736. The molecule has 3 amide bonds. The number of hydrogen-bond donors (Lipinski definition) is 1. The van der Waals surface area contributed by atoms with E-state index in [1.165, 1.54) is 4.68 Å². The molecular formula is C12H21N7O2. The second-order valence-electron chi connectivity index (χ2n) is 5.16. The Balaban J connectivity index is 1.84. The van der Waals surface area contributed by atoms with Crippen LogP contribution in [0.5, 0.6) is 0 Å². The highest BCUT2D eigenvalue weighted by molar-refractivity contribution is 5.77. The van der Waals surface area contributed by atoms with E-state index in [0.29, 0.717) is 38.4 Å². The Bertz CT molecular complexity index is 505. The van der Waals surface area contributed by atoms with Crippen molar-refractivity contribution in [3.8, 4) is 0 Å². The normalized spacial score (nSPS) is 15.2. The van der Waals surface area contributed by atoms with Gasteiger partial charge in [0.1, 0.15) is 6.54 Å². The third-order valence-electron chi connectivity index (χ3n) is 3.38. The summed E-state index contributed by atoms with van der Waals surface area (Å²) in [6, 6.07) is -0.0223. The first-order valence-electron chi connectivity index (χ1n) is 6.84. The van der Waals surface area contributed by atoms with Gasteiger partial charge < -0.3 is 20.4 Å². The summed E-state index contributed by atoms with van der Waals surface area (Å²) in [7, 11) is 3.44. The van der Waals surface area contributed by atoms with Gasteiger partial charge in [0, 0.05) is 46.8 Å². The number of rotatable bonds is 3. The number of nitrogens with zero attached hydrogens (tertiary/aromatic N) is 6. The summed E-state index contributed by atoms with van der Waals surface area (Å²) >= 11 is 0. The fourth-order valence-electron chi connectivity index (χ4n) is 2.18. The molecule has 1 aromatic heterocycles. The maximum absolute atomic E-state index is 12.2. The summed E-state index contributed by atoms with van der Waals surface area (Å²) in [4.78, 5) is 29.0. The second-order valence-corrected chi connectivity index (χ2v) is 5.16. The predicted octanol–water partition coefficient (Wildman–Crippen LogP) is -1.44. The molecule has 2 N–H and O–H groups in total. The fraction of sp³-hybridized carbons (Fsp3) is 0.667. The van der Waals surface area contributed by atoms with Crippen molar-refractivity contribution in [1.82, 2.24) is 29.7 Å². The molecule has 21 heavy (non-hydrogen) atoms. The zero-order chi connectivity index (χ0) is 15.4. The van der Waals surface area contributed by atoms with Crippen molar-refractivity contribution >= 4 is 11.9 Å². The van der Waals surface area contributed by atoms with Crippen LogP contribution in [0, 0.1) is 0 Å². The summed E-state index contributed by atoms with van der Waals surface area (Å²) in [5.74, 6) is -0.0274. The van der Waals surface area contributed by atoms with Gasteiger partial charge >= 0.3 is 6.03 Å². The van der Waals surface area contributed by atoms with E-state index in [-0.39, 0.29) is 18.5 Å². The molecule has 0 bridgehead atoms. The van der Waals surface area contributed by atoms with Crippen LogP contribution >= 0.6 is 0 Å². The van der Waals surface area contributed by atoms with Crippen LogP contribution in [0.25, 0.3) is 0 Å². The van der Waals surface area contributed by atoms with Gasteiger partial charge in [0.05, 0.1) is 11.9 Å². The highest BCUT2D eigenvalue weighted by atomic mass is 16.2. The first-order chi connectivity index (χ1) is 10.0. The molecule has 116 valence electrons. The van der Waals surface area contributed by atoms with Crippen LogP contribution in [0.1, 0.15) is 5.69 Å². The molecule has 1 aromatic rings. The molecule has 2 rings (SSSR count). The van der Waals surface area contributed by atoms with Crippen molar-refractivity contribution < 1.29 is 9.59 Å². The molecule has 9 nitrogen and oxygen atoms in total. The fourth-order valence-corrected chi connectivity index (χ4v) is 2.18. The Kier molecular flexibility index (Phi) is 4.73. The summed E-state index contributed by atoms with van der Waals surface area (Å²) in [6.45, 7) is 2.63. The van der Waals surface area contributed by atoms with Crippen LogP contribution in [-0.4, -0.2) is 81.9 Å². The van der Waals surface area contributed by atoms with Gasteiger partial charge in [0.15, 0.2) is 0 Å². The van der Waals surface area contributed by atoms with Crippen LogP contribution < -0.4 is 5.73 Å². The molecule has 9 heteroatoms. The van der Waals surface area contributed by atoms with Crippen LogP contribution in [0.4, 0.5) is 4.79 Å². The molecule has 1 saturated heterocycles. The van der Waals surface area contributed by atoms with Gasteiger partial charge in [-0.15, -0.1) is 5.10 Å². The minimum atomic E-state index is -0.0274. The van der Waals surface area contributed by atoms with Crippen molar-refractivity contribution in [1.29, 1.82) is 0 Å². The lowest BCUT2D eigenvalue weighted by molar-refractivity contribution is -0.133. The van der Waals surface area contributed by atoms with E-state index < -0.39 is 0 Å². The summed E-state index contributed by atoms with van der Waals surface area (Å²) in [5, 5.41) is 7.70. The number of piperazine rings is 1. The van der Waals surface area contributed by atoms with E-state index in [9.17, 15) is 9.59 Å². The van der Waals surface area contributed by atoms with Gasteiger partial charge in [0.25, 0.3) is 0 Å². The third kappa shape index (κ3) is 3.69. The zero-order valence-electron chi connectivity index (χ0n) is 12.4. The Morgan fingerprint density at radius 3 is 2.38 bits per heavy atom. The van der Waals surface area contributed by atoms with Gasteiger partial charge in [-0.05, 0) is 0 Å². The second kappa shape index (κ2) is 6.53. The van der Waals surface area contributed by atoms with Crippen molar-refractivity contribution in [3.05, 3.63) is 11.9 Å². The summed E-state index contributed by atoms with van der Waals surface area (Å²) in [5.41, 5.74) is 6.11. The van der Waals surface area contributed by atoms with Crippen LogP contribution in [0.15, 0.2) is 6.20 Å². The number of urea groups is 1. The van der Waals surface area contributed by atoms with E-state index >= 15 is 0 Å². The Labute approximate surface area is 123 Å². The lowest BCUT2D eigenvalue weighted by atomic mass is 10.3. The van der Waals surface area contributed by atoms with Crippen LogP contribution in [0.3, 0.4) is 0 Å². The summed E-state index contributed by atoms with van der Waals surface area (Å²) < 4.78 is 1.49. The van der Waals surface area contributed by atoms with Gasteiger partial charge in [0.2, 0.25) is 5.91 Å². The highest BCUT2D eigenvalue weighted by Gasteiger charge is 2.25. The molecule has 0 atom stereocenters. The molecule has 0 radical (unpaired) electrons. The number of carbonyl (C=O) groups is 2. The van der Waals surface area contributed by atoms with Crippen molar-refractivity contribution in [2.24, 2.45) is 5.73 Å². The number of carbonyl (C=O) groups excluding carboxylic acids is 2. The van der Waals surface area contributed by atoms with Gasteiger partial charge in [-0.1, -0.05) is 5.21 Å². The number of amides is 3. The van der Waals surface area contributed by atoms with Crippen molar-refractivity contribution in [3.63, 3.8) is 0 Å². The lowest BCUT2D eigenvalue weighted by Gasteiger charge is -2.35. The first kappa shape index (κ1) is 15.2. The maximum Gasteiger partial charge on any atom is 0.319 e. The zero-order valence-corrected chi connectivity index (χ0v) is 12.4. The van der Waals surface area contributed by atoms with Crippen LogP contribution in [0.2, 0.25) is 0 Å². The topological polar surface area (TPSA) is 101 Å². The van der Waals surface area contributed by atoms with E-state index in [2.05, 4.69) is 10.3 Å². The minimum Gasteiger partial charge on any atom is -0.338 e. The largest absolute Gasteiger partial charge is 0.338 e. The molecule has 0 saturated carbocycles. The number of aromatic nitrogens is 3. The number of hydrogen-bond acceptors (Lipinski definition) is 5. The molecule has 0 unspecified atom stereocenters. The van der Waals surface area contributed by atoms with Gasteiger partial charge in [-0.2, -0.15) is 0 Å². The molecule has 0 spiro atoms. The van der Waals surface area contributed by atoms with Gasteiger partial charge in [-0.25, -0.2) is 9.48 Å². The number of nitrogens with two attached hydrogens (primary N) is 1. The van der Waals surface area contributed by atoms with E-state index in [4.69, 9.17) is 5.73 Å².